The largest absolute Gasteiger partial charge is 0.345 e. The lowest BCUT2D eigenvalue weighted by Gasteiger charge is -2.23. The molecule has 0 bridgehead atoms. The van der Waals surface area contributed by atoms with Gasteiger partial charge in [0.2, 0.25) is 0 Å². The Bertz CT molecular complexity index is 373. The minimum atomic E-state index is -0.394. The molecule has 0 saturated carbocycles. The lowest BCUT2D eigenvalue weighted by Crippen LogP contribution is -2.49. The van der Waals surface area contributed by atoms with E-state index >= 15 is 0 Å². The average molecular weight is 247 g/mol. The van der Waals surface area contributed by atoms with Crippen LogP contribution in [0, 0.1) is 6.92 Å². The molecule has 1 rings (SSSR count). The van der Waals surface area contributed by atoms with E-state index in [2.05, 4.69) is 10.4 Å². The van der Waals surface area contributed by atoms with Gasteiger partial charge in [-0.25, -0.2) is 0 Å². The summed E-state index contributed by atoms with van der Waals surface area (Å²) < 4.78 is 1.57. The summed E-state index contributed by atoms with van der Waals surface area (Å²) in [7, 11) is 1.75. The number of amides is 1. The number of aromatic nitrogens is 2. The van der Waals surface area contributed by atoms with Crippen LogP contribution in [0.15, 0.2) is 6.07 Å². The number of carbonyl (C=O) groups is 1. The van der Waals surface area contributed by atoms with Crippen molar-refractivity contribution in [1.82, 2.24) is 15.1 Å². The van der Waals surface area contributed by atoms with Crippen LogP contribution in [-0.2, 0) is 7.05 Å². The second-order valence-corrected chi connectivity index (χ2v) is 4.34. The summed E-state index contributed by atoms with van der Waals surface area (Å²) in [6.45, 7) is 6.02. The Morgan fingerprint density at radius 2 is 2.19 bits per heavy atom. The van der Waals surface area contributed by atoms with Gasteiger partial charge < -0.3 is 11.1 Å². The first-order valence-corrected chi connectivity index (χ1v) is 4.89. The number of hydrogen-bond acceptors (Lipinski definition) is 3. The van der Waals surface area contributed by atoms with Crippen molar-refractivity contribution in [3.63, 3.8) is 0 Å². The molecule has 0 aromatic carbocycles. The average Bonchev–Trinajstić information content (AvgIpc) is 2.45. The Balaban J connectivity index is 0.00000225. The minimum absolute atomic E-state index is 0. The van der Waals surface area contributed by atoms with Crippen molar-refractivity contribution < 1.29 is 4.79 Å². The Kier molecular flexibility index (Phi) is 4.96. The van der Waals surface area contributed by atoms with Gasteiger partial charge in [-0.3, -0.25) is 9.48 Å². The molecule has 0 radical (unpaired) electrons. The van der Waals surface area contributed by atoms with E-state index in [-0.39, 0.29) is 18.3 Å². The van der Waals surface area contributed by atoms with Crippen molar-refractivity contribution >= 4 is 18.3 Å². The molecule has 1 amide bonds. The van der Waals surface area contributed by atoms with E-state index in [0.717, 1.165) is 5.69 Å². The van der Waals surface area contributed by atoms with Gasteiger partial charge in [-0.15, -0.1) is 12.4 Å². The van der Waals surface area contributed by atoms with Crippen LogP contribution in [0.3, 0.4) is 0 Å². The van der Waals surface area contributed by atoms with E-state index in [9.17, 15) is 4.79 Å². The van der Waals surface area contributed by atoms with Gasteiger partial charge in [0, 0.05) is 19.1 Å². The smallest absolute Gasteiger partial charge is 0.270 e. The SMILES string of the molecule is Cc1cc(C(=O)NC(C)(C)CN)n(C)n1.Cl. The lowest BCUT2D eigenvalue weighted by molar-refractivity contribution is 0.0906. The van der Waals surface area contributed by atoms with E-state index in [0.29, 0.717) is 12.2 Å². The first-order valence-electron chi connectivity index (χ1n) is 4.89. The highest BCUT2D eigenvalue weighted by Crippen LogP contribution is 2.05. The quantitative estimate of drug-likeness (QED) is 0.821. The van der Waals surface area contributed by atoms with Crippen LogP contribution < -0.4 is 11.1 Å². The number of halogens is 1. The third-order valence-electron chi connectivity index (χ3n) is 2.20. The number of hydrogen-bond donors (Lipinski definition) is 2. The van der Waals surface area contributed by atoms with Gasteiger partial charge in [0.05, 0.1) is 5.69 Å². The van der Waals surface area contributed by atoms with Crippen molar-refractivity contribution in [1.29, 1.82) is 0 Å². The zero-order valence-corrected chi connectivity index (χ0v) is 10.9. The lowest BCUT2D eigenvalue weighted by atomic mass is 10.1. The summed E-state index contributed by atoms with van der Waals surface area (Å²) in [5, 5.41) is 6.96. The Labute approximate surface area is 102 Å². The van der Waals surface area contributed by atoms with Gasteiger partial charge in [-0.1, -0.05) is 0 Å². The summed E-state index contributed by atoms with van der Waals surface area (Å²) in [6.07, 6.45) is 0. The Hall–Kier alpha value is -1.07. The highest BCUT2D eigenvalue weighted by Gasteiger charge is 2.21. The highest BCUT2D eigenvalue weighted by molar-refractivity contribution is 5.93. The van der Waals surface area contributed by atoms with Crippen molar-refractivity contribution in [3.8, 4) is 0 Å². The number of rotatable bonds is 3. The number of nitrogens with two attached hydrogens (primary N) is 1. The van der Waals surface area contributed by atoms with Crippen LogP contribution in [0.25, 0.3) is 0 Å². The molecule has 1 aromatic heterocycles. The Morgan fingerprint density at radius 1 is 1.62 bits per heavy atom. The maximum absolute atomic E-state index is 11.8. The van der Waals surface area contributed by atoms with E-state index in [1.165, 1.54) is 0 Å². The molecule has 5 nitrogen and oxygen atoms in total. The Morgan fingerprint density at radius 3 is 2.56 bits per heavy atom. The molecule has 16 heavy (non-hydrogen) atoms. The summed E-state index contributed by atoms with van der Waals surface area (Å²) in [5.74, 6) is -0.145. The van der Waals surface area contributed by atoms with Gasteiger partial charge in [-0.2, -0.15) is 5.10 Å². The molecule has 92 valence electrons. The molecule has 0 spiro atoms. The van der Waals surface area contributed by atoms with E-state index < -0.39 is 5.54 Å². The second-order valence-electron chi connectivity index (χ2n) is 4.34. The fourth-order valence-electron chi connectivity index (χ4n) is 1.25. The molecule has 1 heterocycles. The number of nitrogens with zero attached hydrogens (tertiary/aromatic N) is 2. The van der Waals surface area contributed by atoms with Gasteiger partial charge in [0.15, 0.2) is 0 Å². The van der Waals surface area contributed by atoms with E-state index in [4.69, 9.17) is 5.73 Å². The van der Waals surface area contributed by atoms with Crippen molar-refractivity contribution in [2.45, 2.75) is 26.3 Å². The maximum atomic E-state index is 11.8. The molecular weight excluding hydrogens is 228 g/mol. The summed E-state index contributed by atoms with van der Waals surface area (Å²) in [6, 6.07) is 1.75. The van der Waals surface area contributed by atoms with Crippen LogP contribution in [0.2, 0.25) is 0 Å². The fourth-order valence-corrected chi connectivity index (χ4v) is 1.25. The fraction of sp³-hybridized carbons (Fsp3) is 0.600. The van der Waals surface area contributed by atoms with Crippen molar-refractivity contribution in [2.75, 3.05) is 6.54 Å². The summed E-state index contributed by atoms with van der Waals surface area (Å²) >= 11 is 0. The third-order valence-corrected chi connectivity index (χ3v) is 2.20. The second kappa shape index (κ2) is 5.32. The van der Waals surface area contributed by atoms with Gasteiger partial charge >= 0.3 is 0 Å². The van der Waals surface area contributed by atoms with Gasteiger partial charge in [-0.05, 0) is 26.8 Å². The third kappa shape index (κ3) is 3.50. The van der Waals surface area contributed by atoms with Crippen LogP contribution in [0.5, 0.6) is 0 Å². The topological polar surface area (TPSA) is 72.9 Å². The molecule has 0 aliphatic rings. The highest BCUT2D eigenvalue weighted by atomic mass is 35.5. The van der Waals surface area contributed by atoms with Crippen LogP contribution in [0.1, 0.15) is 30.0 Å². The molecule has 0 aliphatic carbocycles. The number of nitrogens with one attached hydrogen (secondary N) is 1. The summed E-state index contributed by atoms with van der Waals surface area (Å²) in [4.78, 5) is 11.8. The molecule has 6 heteroatoms. The van der Waals surface area contributed by atoms with Crippen molar-refractivity contribution in [3.05, 3.63) is 17.5 Å². The molecule has 0 saturated heterocycles. The van der Waals surface area contributed by atoms with Crippen LogP contribution in [-0.4, -0.2) is 27.8 Å². The molecular formula is C10H19ClN4O. The maximum Gasteiger partial charge on any atom is 0.270 e. The number of aryl methyl sites for hydroxylation is 2. The molecule has 0 atom stereocenters. The first kappa shape index (κ1) is 14.9. The van der Waals surface area contributed by atoms with Crippen LogP contribution >= 0.6 is 12.4 Å². The summed E-state index contributed by atoms with van der Waals surface area (Å²) in [5.41, 5.74) is 6.52. The molecule has 0 aliphatic heterocycles. The first-order chi connectivity index (χ1) is 6.85. The molecule has 3 N–H and O–H groups in total. The molecule has 0 fully saturated rings. The predicted molar refractivity (Wildman–Crippen MR) is 65.8 cm³/mol. The van der Waals surface area contributed by atoms with Crippen molar-refractivity contribution in [2.24, 2.45) is 12.8 Å². The monoisotopic (exact) mass is 246 g/mol. The van der Waals surface area contributed by atoms with Gasteiger partial charge in [0.1, 0.15) is 5.69 Å². The standard InChI is InChI=1S/C10H18N4O.ClH/c1-7-5-8(14(4)13-7)9(15)12-10(2,3)6-11;/h5H,6,11H2,1-4H3,(H,12,15);1H. The van der Waals surface area contributed by atoms with E-state index in [1.54, 1.807) is 17.8 Å². The van der Waals surface area contributed by atoms with E-state index in [1.807, 2.05) is 20.8 Å². The zero-order valence-electron chi connectivity index (χ0n) is 10.1. The predicted octanol–water partition coefficient (Wildman–Crippen LogP) is 0.617. The normalized spacial score (nSPS) is 10.8. The number of carbonyl (C=O) groups excluding carboxylic acids is 1. The van der Waals surface area contributed by atoms with Gasteiger partial charge in [0.25, 0.3) is 5.91 Å². The van der Waals surface area contributed by atoms with Crippen LogP contribution in [0.4, 0.5) is 0 Å². The molecule has 1 aromatic rings. The zero-order chi connectivity index (χ0) is 11.6. The molecule has 0 unspecified atom stereocenters. The minimum Gasteiger partial charge on any atom is -0.345 e.